The van der Waals surface area contributed by atoms with E-state index in [2.05, 4.69) is 71.0 Å². The van der Waals surface area contributed by atoms with Gasteiger partial charge in [-0.15, -0.1) is 0 Å². The molecule has 0 aromatic heterocycles. The second kappa shape index (κ2) is 7.32. The summed E-state index contributed by atoms with van der Waals surface area (Å²) in [6.07, 6.45) is 1.90. The van der Waals surface area contributed by atoms with Gasteiger partial charge in [0.2, 0.25) is 0 Å². The van der Waals surface area contributed by atoms with Crippen molar-refractivity contribution in [3.05, 3.63) is 72.3 Å². The van der Waals surface area contributed by atoms with Crippen LogP contribution in [0.1, 0.15) is 11.1 Å². The maximum absolute atomic E-state index is 12.2. The van der Waals surface area contributed by atoms with Crippen LogP contribution in [-0.2, 0) is 22.6 Å². The van der Waals surface area contributed by atoms with Gasteiger partial charge in [-0.2, -0.15) is 0 Å². The highest BCUT2D eigenvalue weighted by molar-refractivity contribution is 9.09. The molecule has 0 saturated carbocycles. The van der Waals surface area contributed by atoms with Crippen molar-refractivity contribution >= 4 is 21.9 Å². The highest BCUT2D eigenvalue weighted by Crippen LogP contribution is 2.35. The van der Waals surface area contributed by atoms with E-state index in [1.165, 1.54) is 22.3 Å². The van der Waals surface area contributed by atoms with Crippen molar-refractivity contribution in [1.29, 1.82) is 0 Å². The minimum atomic E-state index is -0.189. The Labute approximate surface area is 151 Å². The van der Waals surface area contributed by atoms with E-state index in [9.17, 15) is 4.79 Å². The normalized spacial score (nSPS) is 14.9. The number of fused-ring (bicyclic) bond motifs is 3. The summed E-state index contributed by atoms with van der Waals surface area (Å²) in [5, 5.41) is 0. The SMILES string of the molecule is C=CC[N+]1(CC(=O)OCBr)Cc2ccccc2-c2ccccc2C1. The lowest BCUT2D eigenvalue weighted by molar-refractivity contribution is -0.941. The van der Waals surface area contributed by atoms with E-state index >= 15 is 0 Å². The predicted octanol–water partition coefficient (Wildman–Crippen LogP) is 4.27. The third kappa shape index (κ3) is 3.45. The molecule has 0 atom stereocenters. The van der Waals surface area contributed by atoms with E-state index in [-0.39, 0.29) is 11.5 Å². The first kappa shape index (κ1) is 16.9. The Morgan fingerprint density at radius 1 is 1.08 bits per heavy atom. The second-order valence-corrected chi connectivity index (χ2v) is 6.68. The maximum Gasteiger partial charge on any atom is 0.362 e. The molecule has 3 nitrogen and oxygen atoms in total. The molecule has 1 heterocycles. The van der Waals surface area contributed by atoms with Gasteiger partial charge in [-0.1, -0.05) is 55.1 Å². The smallest absolute Gasteiger partial charge is 0.362 e. The Bertz CT molecular complexity index is 709. The minimum Gasteiger partial charge on any atom is -0.450 e. The molecule has 3 rings (SSSR count). The van der Waals surface area contributed by atoms with Crippen molar-refractivity contribution in [2.45, 2.75) is 13.1 Å². The molecule has 0 radical (unpaired) electrons. The molecule has 0 N–H and O–H groups in total. The van der Waals surface area contributed by atoms with Gasteiger partial charge >= 0.3 is 5.97 Å². The number of halogens is 1. The van der Waals surface area contributed by atoms with Gasteiger partial charge in [-0.05, 0) is 33.1 Å². The molecular formula is C20H21BrNO2+. The number of benzene rings is 2. The number of ether oxygens (including phenoxy) is 1. The number of quaternary nitrogens is 1. The van der Waals surface area contributed by atoms with Crippen LogP contribution in [0.15, 0.2) is 61.2 Å². The Morgan fingerprint density at radius 3 is 2.12 bits per heavy atom. The van der Waals surface area contributed by atoms with Crippen LogP contribution >= 0.6 is 15.9 Å². The summed E-state index contributed by atoms with van der Waals surface area (Å²) in [5.41, 5.74) is 5.26. The first-order chi connectivity index (χ1) is 11.7. The predicted molar refractivity (Wildman–Crippen MR) is 99.4 cm³/mol. The van der Waals surface area contributed by atoms with Gasteiger partial charge in [0, 0.05) is 11.1 Å². The standard InChI is InChI=1S/C20H21BrNO2/c1-2-11-22(14-20(23)24-15-21)12-16-7-3-5-9-18(16)19-10-6-4-8-17(19)13-22/h2-10H,1,11-15H2/q+1. The molecule has 0 bridgehead atoms. The molecule has 4 heteroatoms. The monoisotopic (exact) mass is 386 g/mol. The lowest BCUT2D eigenvalue weighted by Gasteiger charge is -2.36. The minimum absolute atomic E-state index is 0.189. The fraction of sp³-hybridized carbons (Fsp3) is 0.250. The van der Waals surface area contributed by atoms with Crippen LogP contribution in [0.3, 0.4) is 0 Å². The van der Waals surface area contributed by atoms with Gasteiger partial charge < -0.3 is 9.22 Å². The fourth-order valence-electron chi connectivity index (χ4n) is 3.58. The molecular weight excluding hydrogens is 366 g/mol. The largest absolute Gasteiger partial charge is 0.450 e. The van der Waals surface area contributed by atoms with Crippen LogP contribution in [0.2, 0.25) is 0 Å². The van der Waals surface area contributed by atoms with Crippen molar-refractivity contribution in [3.8, 4) is 11.1 Å². The summed E-state index contributed by atoms with van der Waals surface area (Å²) in [6.45, 7) is 6.55. The highest BCUT2D eigenvalue weighted by Gasteiger charge is 2.35. The van der Waals surface area contributed by atoms with Gasteiger partial charge in [0.25, 0.3) is 0 Å². The van der Waals surface area contributed by atoms with E-state index in [4.69, 9.17) is 4.74 Å². The summed E-state index contributed by atoms with van der Waals surface area (Å²) in [6, 6.07) is 16.9. The molecule has 2 aromatic carbocycles. The first-order valence-electron chi connectivity index (χ1n) is 8.01. The van der Waals surface area contributed by atoms with Gasteiger partial charge in [-0.25, -0.2) is 4.79 Å². The van der Waals surface area contributed by atoms with Gasteiger partial charge in [0.1, 0.15) is 18.6 Å². The summed E-state index contributed by atoms with van der Waals surface area (Å²) in [4.78, 5) is 12.2. The topological polar surface area (TPSA) is 26.3 Å². The molecule has 124 valence electrons. The van der Waals surface area contributed by atoms with Crippen molar-refractivity contribution in [2.75, 3.05) is 18.6 Å². The molecule has 24 heavy (non-hydrogen) atoms. The summed E-state index contributed by atoms with van der Waals surface area (Å²) < 4.78 is 5.76. The van der Waals surface area contributed by atoms with E-state index in [0.717, 1.165) is 19.6 Å². The number of hydrogen-bond donors (Lipinski definition) is 0. The summed E-state index contributed by atoms with van der Waals surface area (Å²) in [5.74, 6) is -0.189. The van der Waals surface area contributed by atoms with E-state index in [1.807, 2.05) is 6.08 Å². The van der Waals surface area contributed by atoms with Crippen LogP contribution in [0.25, 0.3) is 11.1 Å². The molecule has 0 amide bonds. The quantitative estimate of drug-likeness (QED) is 0.332. The van der Waals surface area contributed by atoms with E-state index in [1.54, 1.807) is 0 Å². The summed E-state index contributed by atoms with van der Waals surface area (Å²) >= 11 is 3.17. The van der Waals surface area contributed by atoms with Crippen LogP contribution in [0.4, 0.5) is 0 Å². The Morgan fingerprint density at radius 2 is 1.62 bits per heavy atom. The Hall–Kier alpha value is -1.91. The molecule has 0 unspecified atom stereocenters. The number of nitrogens with zero attached hydrogens (tertiary/aromatic N) is 1. The average Bonchev–Trinajstić information content (AvgIpc) is 2.69. The summed E-state index contributed by atoms with van der Waals surface area (Å²) in [7, 11) is 0. The number of carbonyl (C=O) groups is 1. The molecule has 1 aliphatic rings. The van der Waals surface area contributed by atoms with E-state index in [0.29, 0.717) is 11.0 Å². The third-order valence-corrected chi connectivity index (χ3v) is 4.76. The van der Waals surface area contributed by atoms with Crippen LogP contribution in [-0.4, -0.2) is 29.1 Å². The number of hydrogen-bond acceptors (Lipinski definition) is 2. The second-order valence-electron chi connectivity index (χ2n) is 6.23. The fourth-order valence-corrected chi connectivity index (χ4v) is 3.84. The van der Waals surface area contributed by atoms with Crippen LogP contribution in [0.5, 0.6) is 0 Å². The van der Waals surface area contributed by atoms with Gasteiger partial charge in [0.05, 0.1) is 6.54 Å². The van der Waals surface area contributed by atoms with Crippen LogP contribution < -0.4 is 0 Å². The van der Waals surface area contributed by atoms with Crippen molar-refractivity contribution in [2.24, 2.45) is 0 Å². The number of alkyl halides is 1. The Balaban J connectivity index is 2.09. The van der Waals surface area contributed by atoms with Crippen LogP contribution in [0, 0.1) is 0 Å². The first-order valence-corrected chi connectivity index (χ1v) is 9.13. The molecule has 0 saturated heterocycles. The molecule has 0 aliphatic carbocycles. The zero-order valence-electron chi connectivity index (χ0n) is 13.6. The van der Waals surface area contributed by atoms with Crippen molar-refractivity contribution < 1.29 is 14.0 Å². The molecule has 0 spiro atoms. The maximum atomic E-state index is 12.2. The van der Waals surface area contributed by atoms with Crippen molar-refractivity contribution in [1.82, 2.24) is 0 Å². The third-order valence-electron chi connectivity index (χ3n) is 4.53. The zero-order valence-corrected chi connectivity index (χ0v) is 15.2. The average molecular weight is 387 g/mol. The Kier molecular flexibility index (Phi) is 5.17. The molecule has 1 aliphatic heterocycles. The zero-order chi connectivity index (χ0) is 17.0. The lowest BCUT2D eigenvalue weighted by atomic mass is 9.97. The highest BCUT2D eigenvalue weighted by atomic mass is 79.9. The van der Waals surface area contributed by atoms with Gasteiger partial charge in [-0.3, -0.25) is 0 Å². The molecule has 0 fully saturated rings. The number of rotatable bonds is 5. The molecule has 2 aromatic rings. The number of esters is 1. The van der Waals surface area contributed by atoms with Gasteiger partial charge in [0.15, 0.2) is 6.54 Å². The lowest BCUT2D eigenvalue weighted by Crippen LogP contribution is -2.50. The van der Waals surface area contributed by atoms with Crippen molar-refractivity contribution in [3.63, 3.8) is 0 Å². The number of carbonyl (C=O) groups excluding carboxylic acids is 1. The van der Waals surface area contributed by atoms with E-state index < -0.39 is 0 Å².